The number of fused-ring (bicyclic) bond motifs is 1. The lowest BCUT2D eigenvalue weighted by Crippen LogP contribution is -2.24. The molecule has 8 nitrogen and oxygen atoms in total. The summed E-state index contributed by atoms with van der Waals surface area (Å²) in [5.74, 6) is 0.430. The second-order valence-corrected chi connectivity index (χ2v) is 7.02. The molecule has 2 fully saturated rings. The molecule has 0 spiro atoms. The Hall–Kier alpha value is -2.90. The van der Waals surface area contributed by atoms with Crippen LogP contribution < -0.4 is 4.90 Å². The van der Waals surface area contributed by atoms with E-state index in [1.165, 1.54) is 26.8 Å². The zero-order valence-corrected chi connectivity index (χ0v) is 15.5. The summed E-state index contributed by atoms with van der Waals surface area (Å²) >= 11 is 0. The summed E-state index contributed by atoms with van der Waals surface area (Å²) in [5.41, 5.74) is 1.33. The molecule has 1 saturated carbocycles. The Balaban J connectivity index is 1.65. The molecule has 27 heavy (non-hydrogen) atoms. The lowest BCUT2D eigenvalue weighted by atomic mass is 9.97. The highest BCUT2D eigenvalue weighted by atomic mass is 16.5. The van der Waals surface area contributed by atoms with Crippen molar-refractivity contribution >= 4 is 17.8 Å². The Morgan fingerprint density at radius 1 is 1.22 bits per heavy atom. The van der Waals surface area contributed by atoms with Crippen LogP contribution in [-0.4, -0.2) is 49.2 Å². The van der Waals surface area contributed by atoms with Gasteiger partial charge in [0.2, 0.25) is 11.7 Å². The SMILES string of the molecule is COC(=O)c1cnc(C(C(=O)OC)c2ccc(N3CC4CC4C3)nc2C)o1. The van der Waals surface area contributed by atoms with E-state index in [2.05, 4.69) is 19.6 Å². The molecule has 0 amide bonds. The summed E-state index contributed by atoms with van der Waals surface area (Å²) in [6, 6.07) is 3.76. The summed E-state index contributed by atoms with van der Waals surface area (Å²) in [4.78, 5) is 35.1. The molecule has 3 unspecified atom stereocenters. The van der Waals surface area contributed by atoms with Crippen molar-refractivity contribution in [3.8, 4) is 0 Å². The van der Waals surface area contributed by atoms with Crippen molar-refractivity contribution in [2.24, 2.45) is 11.8 Å². The van der Waals surface area contributed by atoms with Crippen LogP contribution in [0.3, 0.4) is 0 Å². The summed E-state index contributed by atoms with van der Waals surface area (Å²) in [6.45, 7) is 3.92. The molecular formula is C19H21N3O5. The fraction of sp³-hybridized carbons (Fsp3) is 0.474. The van der Waals surface area contributed by atoms with E-state index in [0.717, 1.165) is 30.7 Å². The number of anilines is 1. The monoisotopic (exact) mass is 371 g/mol. The zero-order valence-electron chi connectivity index (χ0n) is 15.5. The van der Waals surface area contributed by atoms with Crippen LogP contribution in [0.2, 0.25) is 0 Å². The van der Waals surface area contributed by atoms with E-state index in [1.807, 2.05) is 19.1 Å². The first kappa shape index (κ1) is 17.5. The van der Waals surface area contributed by atoms with Crippen molar-refractivity contribution in [2.75, 3.05) is 32.2 Å². The number of ether oxygens (including phenoxy) is 2. The minimum Gasteiger partial charge on any atom is -0.468 e. The quantitative estimate of drug-likeness (QED) is 0.736. The second kappa shape index (κ2) is 6.68. The third-order valence-electron chi connectivity index (χ3n) is 5.32. The third kappa shape index (κ3) is 3.15. The number of piperidine rings is 1. The maximum Gasteiger partial charge on any atom is 0.375 e. The van der Waals surface area contributed by atoms with Crippen LogP contribution in [0.15, 0.2) is 22.7 Å². The van der Waals surface area contributed by atoms with Crippen LogP contribution in [0.25, 0.3) is 0 Å². The van der Waals surface area contributed by atoms with E-state index in [4.69, 9.17) is 9.15 Å². The van der Waals surface area contributed by atoms with E-state index < -0.39 is 17.9 Å². The van der Waals surface area contributed by atoms with Gasteiger partial charge in [-0.15, -0.1) is 0 Å². The highest BCUT2D eigenvalue weighted by Crippen LogP contribution is 2.46. The van der Waals surface area contributed by atoms with Crippen LogP contribution in [0.4, 0.5) is 5.82 Å². The number of hydrogen-bond donors (Lipinski definition) is 0. The molecule has 1 aliphatic carbocycles. The molecule has 3 atom stereocenters. The van der Waals surface area contributed by atoms with E-state index in [1.54, 1.807) is 0 Å². The van der Waals surface area contributed by atoms with Crippen LogP contribution in [0.5, 0.6) is 0 Å². The summed E-state index contributed by atoms with van der Waals surface area (Å²) in [6.07, 6.45) is 2.56. The number of nitrogens with zero attached hydrogens (tertiary/aromatic N) is 3. The van der Waals surface area contributed by atoms with Gasteiger partial charge in [-0.1, -0.05) is 6.07 Å². The van der Waals surface area contributed by atoms with Gasteiger partial charge in [-0.25, -0.2) is 14.8 Å². The fourth-order valence-electron chi connectivity index (χ4n) is 3.72. The minimum atomic E-state index is -0.901. The first-order valence-corrected chi connectivity index (χ1v) is 8.86. The van der Waals surface area contributed by atoms with Gasteiger partial charge in [-0.3, -0.25) is 4.79 Å². The molecule has 1 saturated heterocycles. The topological polar surface area (TPSA) is 94.8 Å². The average molecular weight is 371 g/mol. The summed E-state index contributed by atoms with van der Waals surface area (Å²) < 4.78 is 15.0. The molecule has 142 valence electrons. The third-order valence-corrected chi connectivity index (χ3v) is 5.32. The lowest BCUT2D eigenvalue weighted by molar-refractivity contribution is -0.141. The largest absolute Gasteiger partial charge is 0.468 e. The summed E-state index contributed by atoms with van der Waals surface area (Å²) in [5, 5.41) is 0. The Morgan fingerprint density at radius 2 is 1.96 bits per heavy atom. The van der Waals surface area contributed by atoms with Crippen molar-refractivity contribution in [2.45, 2.75) is 19.3 Å². The first-order valence-electron chi connectivity index (χ1n) is 8.86. The minimum absolute atomic E-state index is 0.0695. The number of methoxy groups -OCH3 is 2. The van der Waals surface area contributed by atoms with Gasteiger partial charge in [0.15, 0.2) is 5.92 Å². The van der Waals surface area contributed by atoms with Crippen molar-refractivity contribution < 1.29 is 23.5 Å². The predicted octanol–water partition coefficient (Wildman–Crippen LogP) is 1.93. The Morgan fingerprint density at radius 3 is 2.59 bits per heavy atom. The Kier molecular flexibility index (Phi) is 4.33. The molecule has 0 aromatic carbocycles. The van der Waals surface area contributed by atoms with E-state index in [0.29, 0.717) is 11.3 Å². The van der Waals surface area contributed by atoms with Gasteiger partial charge in [0.25, 0.3) is 0 Å². The number of rotatable bonds is 5. The fourth-order valence-corrected chi connectivity index (χ4v) is 3.72. The number of pyridine rings is 1. The van der Waals surface area contributed by atoms with Crippen LogP contribution >= 0.6 is 0 Å². The van der Waals surface area contributed by atoms with Gasteiger partial charge in [-0.05, 0) is 36.8 Å². The molecule has 4 rings (SSSR count). The normalized spacial score (nSPS) is 21.5. The predicted molar refractivity (Wildman–Crippen MR) is 94.5 cm³/mol. The molecule has 0 radical (unpaired) electrons. The number of esters is 2. The lowest BCUT2D eigenvalue weighted by Gasteiger charge is -2.21. The molecule has 8 heteroatoms. The standard InChI is InChI=1S/C19H21N3O5/c1-10-13(4-5-15(21-10)22-8-11-6-12(11)9-22)16(19(24)26-3)17-20-7-14(27-17)18(23)25-2/h4-5,7,11-12,16H,6,8-9H2,1-3H3. The highest BCUT2D eigenvalue weighted by Gasteiger charge is 2.45. The van der Waals surface area contributed by atoms with Crippen molar-refractivity contribution in [3.05, 3.63) is 41.2 Å². The van der Waals surface area contributed by atoms with Gasteiger partial charge < -0.3 is 18.8 Å². The average Bonchev–Trinajstić information content (AvgIpc) is 3.08. The van der Waals surface area contributed by atoms with Gasteiger partial charge in [0.05, 0.1) is 20.4 Å². The van der Waals surface area contributed by atoms with E-state index in [9.17, 15) is 9.59 Å². The van der Waals surface area contributed by atoms with Crippen LogP contribution in [-0.2, 0) is 14.3 Å². The molecular weight excluding hydrogens is 350 g/mol. The maximum atomic E-state index is 12.4. The first-order chi connectivity index (χ1) is 13.0. The second-order valence-electron chi connectivity index (χ2n) is 7.02. The molecule has 3 heterocycles. The van der Waals surface area contributed by atoms with Crippen molar-refractivity contribution in [3.63, 3.8) is 0 Å². The molecule has 1 aliphatic heterocycles. The number of carbonyl (C=O) groups excluding carboxylic acids is 2. The van der Waals surface area contributed by atoms with Gasteiger partial charge >= 0.3 is 11.9 Å². The molecule has 0 bridgehead atoms. The number of carbonyl (C=O) groups is 2. The van der Waals surface area contributed by atoms with Gasteiger partial charge in [0.1, 0.15) is 5.82 Å². The van der Waals surface area contributed by atoms with Crippen molar-refractivity contribution in [1.29, 1.82) is 0 Å². The van der Waals surface area contributed by atoms with Gasteiger partial charge in [0, 0.05) is 18.8 Å². The molecule has 2 aromatic rings. The van der Waals surface area contributed by atoms with E-state index in [-0.39, 0.29) is 11.7 Å². The maximum absolute atomic E-state index is 12.4. The number of oxazole rings is 1. The number of aryl methyl sites for hydroxylation is 1. The van der Waals surface area contributed by atoms with Gasteiger partial charge in [-0.2, -0.15) is 0 Å². The Bertz CT molecular complexity index is 883. The molecule has 2 aromatic heterocycles. The van der Waals surface area contributed by atoms with E-state index >= 15 is 0 Å². The Labute approximate surface area is 156 Å². The zero-order chi connectivity index (χ0) is 19.1. The highest BCUT2D eigenvalue weighted by molar-refractivity contribution is 5.86. The smallest absolute Gasteiger partial charge is 0.375 e. The molecule has 2 aliphatic rings. The summed E-state index contributed by atoms with van der Waals surface area (Å²) in [7, 11) is 2.55. The van der Waals surface area contributed by atoms with Crippen LogP contribution in [0.1, 0.15) is 40.0 Å². The number of aromatic nitrogens is 2. The van der Waals surface area contributed by atoms with Crippen LogP contribution in [0, 0.1) is 18.8 Å². The number of hydrogen-bond acceptors (Lipinski definition) is 8. The molecule has 0 N–H and O–H groups in total. The van der Waals surface area contributed by atoms with Crippen molar-refractivity contribution in [1.82, 2.24) is 9.97 Å².